The number of hydrogen-bond acceptors (Lipinski definition) is 3. The van der Waals surface area contributed by atoms with Crippen LogP contribution in [0.1, 0.15) is 21.5 Å². The molecule has 0 aliphatic rings. The second-order valence-electron chi connectivity index (χ2n) is 4.19. The SMILES string of the molecule is COc1cc(C=Cc2ccccc2)c(C=O)c(OC)c1. The van der Waals surface area contributed by atoms with Gasteiger partial charge in [-0.15, -0.1) is 0 Å². The van der Waals surface area contributed by atoms with Gasteiger partial charge in [-0.05, 0) is 17.2 Å². The minimum absolute atomic E-state index is 0.507. The number of methoxy groups -OCH3 is 2. The summed E-state index contributed by atoms with van der Waals surface area (Å²) in [6, 6.07) is 13.4. The fourth-order valence-electron chi connectivity index (χ4n) is 1.92. The zero-order chi connectivity index (χ0) is 14.4. The molecule has 102 valence electrons. The first-order chi connectivity index (χ1) is 9.78. The summed E-state index contributed by atoms with van der Waals surface area (Å²) in [5, 5.41) is 0. The molecule has 0 aliphatic carbocycles. The number of carbonyl (C=O) groups excluding carboxylic acids is 1. The molecule has 0 radical (unpaired) electrons. The predicted octanol–water partition coefficient (Wildman–Crippen LogP) is 3.69. The largest absolute Gasteiger partial charge is 0.497 e. The summed E-state index contributed by atoms with van der Waals surface area (Å²) in [4.78, 5) is 11.3. The molecule has 2 aromatic rings. The van der Waals surface area contributed by atoms with Crippen LogP contribution in [-0.4, -0.2) is 20.5 Å². The van der Waals surface area contributed by atoms with Crippen molar-refractivity contribution in [1.29, 1.82) is 0 Å². The second-order valence-corrected chi connectivity index (χ2v) is 4.19. The van der Waals surface area contributed by atoms with Crippen LogP contribution in [0.3, 0.4) is 0 Å². The van der Waals surface area contributed by atoms with Gasteiger partial charge in [0.2, 0.25) is 0 Å². The van der Waals surface area contributed by atoms with Crippen LogP contribution in [0.25, 0.3) is 12.2 Å². The van der Waals surface area contributed by atoms with Crippen molar-refractivity contribution >= 4 is 18.4 Å². The Morgan fingerprint density at radius 2 is 1.70 bits per heavy atom. The lowest BCUT2D eigenvalue weighted by Gasteiger charge is -2.09. The fourth-order valence-corrected chi connectivity index (χ4v) is 1.92. The minimum Gasteiger partial charge on any atom is -0.497 e. The first kappa shape index (κ1) is 13.9. The summed E-state index contributed by atoms with van der Waals surface area (Å²) >= 11 is 0. The number of aldehydes is 1. The number of rotatable bonds is 5. The molecule has 0 bridgehead atoms. The normalized spacial score (nSPS) is 10.5. The van der Waals surface area contributed by atoms with E-state index in [1.165, 1.54) is 7.11 Å². The highest BCUT2D eigenvalue weighted by Crippen LogP contribution is 2.28. The molecule has 0 unspecified atom stereocenters. The molecule has 3 heteroatoms. The monoisotopic (exact) mass is 268 g/mol. The Hall–Kier alpha value is -2.55. The van der Waals surface area contributed by atoms with E-state index < -0.39 is 0 Å². The van der Waals surface area contributed by atoms with Crippen molar-refractivity contribution in [3.8, 4) is 11.5 Å². The number of hydrogen-bond donors (Lipinski definition) is 0. The Labute approximate surface area is 118 Å². The van der Waals surface area contributed by atoms with E-state index in [1.807, 2.05) is 48.6 Å². The Kier molecular flexibility index (Phi) is 4.56. The van der Waals surface area contributed by atoms with Crippen molar-refractivity contribution in [3.63, 3.8) is 0 Å². The molecule has 20 heavy (non-hydrogen) atoms. The molecule has 0 atom stereocenters. The van der Waals surface area contributed by atoms with Crippen LogP contribution in [0.5, 0.6) is 11.5 Å². The number of ether oxygens (including phenoxy) is 2. The maximum absolute atomic E-state index is 11.3. The Balaban J connectivity index is 2.44. The molecular weight excluding hydrogens is 252 g/mol. The predicted molar refractivity (Wildman–Crippen MR) is 80.3 cm³/mol. The lowest BCUT2D eigenvalue weighted by atomic mass is 10.0. The average molecular weight is 268 g/mol. The third-order valence-electron chi connectivity index (χ3n) is 2.98. The molecule has 0 heterocycles. The maximum atomic E-state index is 11.3. The van der Waals surface area contributed by atoms with Gasteiger partial charge in [0.05, 0.1) is 19.8 Å². The van der Waals surface area contributed by atoms with Gasteiger partial charge in [0.15, 0.2) is 6.29 Å². The molecule has 0 amide bonds. The quantitative estimate of drug-likeness (QED) is 0.613. The summed E-state index contributed by atoms with van der Waals surface area (Å²) < 4.78 is 10.4. The van der Waals surface area contributed by atoms with Gasteiger partial charge < -0.3 is 9.47 Å². The van der Waals surface area contributed by atoms with Gasteiger partial charge in [-0.25, -0.2) is 0 Å². The van der Waals surface area contributed by atoms with Crippen molar-refractivity contribution < 1.29 is 14.3 Å². The smallest absolute Gasteiger partial charge is 0.154 e. The van der Waals surface area contributed by atoms with Crippen LogP contribution in [0, 0.1) is 0 Å². The highest BCUT2D eigenvalue weighted by molar-refractivity contribution is 5.88. The van der Waals surface area contributed by atoms with E-state index >= 15 is 0 Å². The van der Waals surface area contributed by atoms with Crippen LogP contribution in [0.4, 0.5) is 0 Å². The summed E-state index contributed by atoms with van der Waals surface area (Å²) in [5.41, 5.74) is 2.34. The molecule has 0 aliphatic heterocycles. The molecule has 2 aromatic carbocycles. The van der Waals surface area contributed by atoms with Gasteiger partial charge in [0.25, 0.3) is 0 Å². The van der Waals surface area contributed by atoms with Crippen LogP contribution in [0.2, 0.25) is 0 Å². The van der Waals surface area contributed by atoms with Crippen molar-refractivity contribution in [2.75, 3.05) is 14.2 Å². The van der Waals surface area contributed by atoms with Crippen LogP contribution >= 0.6 is 0 Å². The molecular formula is C17H16O3. The van der Waals surface area contributed by atoms with Gasteiger partial charge in [-0.2, -0.15) is 0 Å². The van der Waals surface area contributed by atoms with E-state index in [2.05, 4.69) is 0 Å². The van der Waals surface area contributed by atoms with Crippen molar-refractivity contribution in [1.82, 2.24) is 0 Å². The molecule has 3 nitrogen and oxygen atoms in total. The first-order valence-corrected chi connectivity index (χ1v) is 6.23. The second kappa shape index (κ2) is 6.57. The third kappa shape index (κ3) is 3.06. The average Bonchev–Trinajstić information content (AvgIpc) is 2.52. The lowest BCUT2D eigenvalue weighted by Crippen LogP contribution is -1.95. The third-order valence-corrected chi connectivity index (χ3v) is 2.98. The summed E-state index contributed by atoms with van der Waals surface area (Å²) in [6.07, 6.45) is 4.62. The number of carbonyl (C=O) groups is 1. The van der Waals surface area contributed by atoms with Gasteiger partial charge in [0.1, 0.15) is 11.5 Å². The van der Waals surface area contributed by atoms with Gasteiger partial charge in [-0.1, -0.05) is 42.5 Å². The van der Waals surface area contributed by atoms with Gasteiger partial charge >= 0.3 is 0 Å². The van der Waals surface area contributed by atoms with E-state index in [0.717, 1.165) is 17.4 Å². The van der Waals surface area contributed by atoms with Crippen molar-refractivity contribution in [2.24, 2.45) is 0 Å². The minimum atomic E-state index is 0.507. The standard InChI is InChI=1S/C17H16O3/c1-19-15-10-14(16(12-18)17(11-15)20-2)9-8-13-6-4-3-5-7-13/h3-12H,1-2H3. The van der Waals surface area contributed by atoms with Crippen LogP contribution < -0.4 is 9.47 Å². The molecule has 0 aromatic heterocycles. The molecule has 0 spiro atoms. The van der Waals surface area contributed by atoms with Crippen LogP contribution in [-0.2, 0) is 0 Å². The first-order valence-electron chi connectivity index (χ1n) is 6.23. The highest BCUT2D eigenvalue weighted by atomic mass is 16.5. The lowest BCUT2D eigenvalue weighted by molar-refractivity contribution is 0.112. The summed E-state index contributed by atoms with van der Waals surface area (Å²) in [6.45, 7) is 0. The van der Waals surface area contributed by atoms with Crippen molar-refractivity contribution in [2.45, 2.75) is 0 Å². The van der Waals surface area contributed by atoms with Gasteiger partial charge in [0, 0.05) is 6.07 Å². The maximum Gasteiger partial charge on any atom is 0.154 e. The van der Waals surface area contributed by atoms with Crippen LogP contribution in [0.15, 0.2) is 42.5 Å². The van der Waals surface area contributed by atoms with Crippen molar-refractivity contribution in [3.05, 3.63) is 59.2 Å². The Bertz CT molecular complexity index is 616. The molecule has 0 N–H and O–H groups in total. The van der Waals surface area contributed by atoms with Gasteiger partial charge in [-0.3, -0.25) is 4.79 Å². The molecule has 0 saturated carbocycles. The van der Waals surface area contributed by atoms with E-state index in [1.54, 1.807) is 13.2 Å². The molecule has 2 rings (SSSR count). The summed E-state index contributed by atoms with van der Waals surface area (Å²) in [7, 11) is 3.12. The zero-order valence-corrected chi connectivity index (χ0v) is 11.5. The van der Waals surface area contributed by atoms with E-state index in [4.69, 9.17) is 9.47 Å². The Morgan fingerprint density at radius 3 is 2.30 bits per heavy atom. The summed E-state index contributed by atoms with van der Waals surface area (Å²) in [5.74, 6) is 1.16. The Morgan fingerprint density at radius 1 is 0.950 bits per heavy atom. The van der Waals surface area contributed by atoms with E-state index in [0.29, 0.717) is 17.1 Å². The molecule has 0 saturated heterocycles. The fraction of sp³-hybridized carbons (Fsp3) is 0.118. The van der Waals surface area contributed by atoms with E-state index in [9.17, 15) is 4.79 Å². The van der Waals surface area contributed by atoms with E-state index in [-0.39, 0.29) is 0 Å². The number of benzene rings is 2. The molecule has 0 fully saturated rings. The topological polar surface area (TPSA) is 35.5 Å². The highest BCUT2D eigenvalue weighted by Gasteiger charge is 2.09. The zero-order valence-electron chi connectivity index (χ0n) is 11.5.